The number of hydrogen-bond donors (Lipinski definition) is 2. The highest BCUT2D eigenvalue weighted by Gasteiger charge is 2.26. The zero-order valence-electron chi connectivity index (χ0n) is 18.0. The van der Waals surface area contributed by atoms with Crippen LogP contribution in [0.15, 0.2) is 24.4 Å². The van der Waals surface area contributed by atoms with Crippen LogP contribution in [-0.2, 0) is 4.74 Å². The molecule has 1 aliphatic heterocycles. The Morgan fingerprint density at radius 1 is 1.03 bits per heavy atom. The number of rotatable bonds is 5. The van der Waals surface area contributed by atoms with Gasteiger partial charge in [-0.15, -0.1) is 0 Å². The van der Waals surface area contributed by atoms with Crippen molar-refractivity contribution in [3.8, 4) is 23.2 Å². The third-order valence-corrected chi connectivity index (χ3v) is 5.22. The number of nitrogens with zero attached hydrogens (tertiary/aromatic N) is 8. The van der Waals surface area contributed by atoms with Crippen LogP contribution >= 0.6 is 0 Å². The number of hydrogen-bond acceptors (Lipinski definition) is 11. The second kappa shape index (κ2) is 8.62. The Hall–Kier alpha value is -4.20. The van der Waals surface area contributed by atoms with Gasteiger partial charge in [0.25, 0.3) is 6.43 Å². The SMILES string of the molecule is COc1cccc2c1nc(C(F)F)n2-c1nc(-c2ncc(N)nc2N)nc(N2CCOCC2)n1. The molecular formula is C20H20F2N10O2. The number of alkyl halides is 2. The fourth-order valence-electron chi connectivity index (χ4n) is 3.67. The average Bonchev–Trinajstić information content (AvgIpc) is 3.24. The van der Waals surface area contributed by atoms with Crippen molar-refractivity contribution >= 4 is 28.6 Å². The van der Waals surface area contributed by atoms with E-state index in [1.807, 2.05) is 4.90 Å². The van der Waals surface area contributed by atoms with E-state index in [1.54, 1.807) is 18.2 Å². The molecule has 4 aromatic rings. The highest BCUT2D eigenvalue weighted by Crippen LogP contribution is 2.32. The van der Waals surface area contributed by atoms with Crippen LogP contribution in [0, 0.1) is 0 Å². The predicted molar refractivity (Wildman–Crippen MR) is 119 cm³/mol. The molecule has 4 heterocycles. The molecule has 176 valence electrons. The van der Waals surface area contributed by atoms with E-state index >= 15 is 0 Å². The smallest absolute Gasteiger partial charge is 0.296 e. The molecule has 0 atom stereocenters. The molecule has 0 bridgehead atoms. The van der Waals surface area contributed by atoms with Gasteiger partial charge in [0.2, 0.25) is 11.9 Å². The molecule has 0 spiro atoms. The lowest BCUT2D eigenvalue weighted by atomic mass is 10.3. The number of aromatic nitrogens is 7. The van der Waals surface area contributed by atoms with Gasteiger partial charge >= 0.3 is 0 Å². The van der Waals surface area contributed by atoms with Crippen molar-refractivity contribution in [2.75, 3.05) is 49.8 Å². The molecule has 4 N–H and O–H groups in total. The number of methoxy groups -OCH3 is 1. The van der Waals surface area contributed by atoms with E-state index in [9.17, 15) is 8.78 Å². The van der Waals surface area contributed by atoms with Crippen molar-refractivity contribution in [1.29, 1.82) is 0 Å². The van der Waals surface area contributed by atoms with E-state index in [2.05, 4.69) is 29.9 Å². The first-order valence-corrected chi connectivity index (χ1v) is 10.3. The maximum atomic E-state index is 14.1. The van der Waals surface area contributed by atoms with Gasteiger partial charge in [0.05, 0.1) is 32.0 Å². The zero-order valence-corrected chi connectivity index (χ0v) is 18.0. The van der Waals surface area contributed by atoms with Gasteiger partial charge in [-0.1, -0.05) is 6.07 Å². The Balaban J connectivity index is 1.77. The van der Waals surface area contributed by atoms with Gasteiger partial charge in [0.15, 0.2) is 23.2 Å². The maximum Gasteiger partial charge on any atom is 0.296 e. The van der Waals surface area contributed by atoms with Crippen molar-refractivity contribution in [2.45, 2.75) is 6.43 Å². The van der Waals surface area contributed by atoms with Gasteiger partial charge in [0, 0.05) is 13.1 Å². The van der Waals surface area contributed by atoms with Crippen molar-refractivity contribution in [1.82, 2.24) is 34.5 Å². The molecule has 1 aromatic carbocycles. The number of para-hydroxylation sites is 1. The van der Waals surface area contributed by atoms with E-state index in [-0.39, 0.29) is 40.6 Å². The second-order valence-corrected chi connectivity index (χ2v) is 7.32. The van der Waals surface area contributed by atoms with E-state index in [0.29, 0.717) is 37.6 Å². The fraction of sp³-hybridized carbons (Fsp3) is 0.300. The summed E-state index contributed by atoms with van der Waals surface area (Å²) in [7, 11) is 1.44. The van der Waals surface area contributed by atoms with Gasteiger partial charge in [0.1, 0.15) is 17.1 Å². The number of fused-ring (bicyclic) bond motifs is 1. The number of anilines is 3. The molecule has 14 heteroatoms. The molecule has 0 amide bonds. The summed E-state index contributed by atoms with van der Waals surface area (Å²) in [6, 6.07) is 4.94. The lowest BCUT2D eigenvalue weighted by Gasteiger charge is -2.27. The summed E-state index contributed by atoms with van der Waals surface area (Å²) in [4.78, 5) is 27.6. The summed E-state index contributed by atoms with van der Waals surface area (Å²) in [6.45, 7) is 1.94. The number of ether oxygens (including phenoxy) is 2. The predicted octanol–water partition coefficient (Wildman–Crippen LogP) is 1.61. The molecule has 12 nitrogen and oxygen atoms in total. The summed E-state index contributed by atoms with van der Waals surface area (Å²) in [5, 5.41) is 0. The number of halogens is 2. The summed E-state index contributed by atoms with van der Waals surface area (Å²) in [5.74, 6) is 0.159. The van der Waals surface area contributed by atoms with Crippen molar-refractivity contribution in [3.05, 3.63) is 30.2 Å². The van der Waals surface area contributed by atoms with Crippen molar-refractivity contribution in [3.63, 3.8) is 0 Å². The van der Waals surface area contributed by atoms with Gasteiger partial charge in [-0.3, -0.25) is 4.57 Å². The molecule has 0 unspecified atom stereocenters. The van der Waals surface area contributed by atoms with Crippen LogP contribution in [-0.4, -0.2) is 67.9 Å². The number of morpholine rings is 1. The first-order valence-electron chi connectivity index (χ1n) is 10.3. The second-order valence-electron chi connectivity index (χ2n) is 7.32. The van der Waals surface area contributed by atoms with E-state index < -0.39 is 12.2 Å². The summed E-state index contributed by atoms with van der Waals surface area (Å²) >= 11 is 0. The van der Waals surface area contributed by atoms with Crippen LogP contribution in [0.4, 0.5) is 26.4 Å². The minimum absolute atomic E-state index is 0.00341. The van der Waals surface area contributed by atoms with Gasteiger partial charge in [-0.05, 0) is 12.1 Å². The average molecular weight is 470 g/mol. The molecule has 0 radical (unpaired) electrons. The quantitative estimate of drug-likeness (QED) is 0.437. The molecule has 34 heavy (non-hydrogen) atoms. The van der Waals surface area contributed by atoms with Crippen LogP contribution in [0.2, 0.25) is 0 Å². The highest BCUT2D eigenvalue weighted by molar-refractivity contribution is 5.84. The lowest BCUT2D eigenvalue weighted by molar-refractivity contribution is 0.122. The Morgan fingerprint density at radius 3 is 2.50 bits per heavy atom. The standard InChI is InChI=1S/C20H20F2N10O2/c1-33-11-4-2-3-10-13(11)27-18(15(21)22)32(10)20-29-17(14-16(24)26-12(23)9-25-14)28-19(30-20)31-5-7-34-8-6-31/h2-4,9,15H,5-8H2,1H3,(H4,23,24,26). The number of nitrogen functional groups attached to an aromatic ring is 2. The van der Waals surface area contributed by atoms with Crippen LogP contribution < -0.4 is 21.1 Å². The minimum Gasteiger partial charge on any atom is -0.494 e. The normalized spacial score (nSPS) is 14.2. The first kappa shape index (κ1) is 21.6. The lowest BCUT2D eigenvalue weighted by Crippen LogP contribution is -2.37. The maximum absolute atomic E-state index is 14.1. The molecule has 5 rings (SSSR count). The molecule has 1 saturated heterocycles. The number of nitrogens with two attached hydrogens (primary N) is 2. The molecule has 0 saturated carbocycles. The fourth-order valence-corrected chi connectivity index (χ4v) is 3.67. The summed E-state index contributed by atoms with van der Waals surface area (Å²) < 4.78 is 40.1. The third-order valence-electron chi connectivity index (χ3n) is 5.22. The zero-order chi connectivity index (χ0) is 23.8. The van der Waals surface area contributed by atoms with Gasteiger partial charge < -0.3 is 25.8 Å². The Kier molecular flexibility index (Phi) is 5.49. The van der Waals surface area contributed by atoms with Gasteiger partial charge in [-0.2, -0.15) is 15.0 Å². The third kappa shape index (κ3) is 3.77. The molecule has 1 fully saturated rings. The van der Waals surface area contributed by atoms with Gasteiger partial charge in [-0.25, -0.2) is 23.7 Å². The number of imidazole rings is 1. The van der Waals surface area contributed by atoms with Crippen molar-refractivity contribution in [2.24, 2.45) is 0 Å². The van der Waals surface area contributed by atoms with Crippen LogP contribution in [0.5, 0.6) is 5.75 Å². The van der Waals surface area contributed by atoms with E-state index in [0.717, 1.165) is 0 Å². The molecular weight excluding hydrogens is 450 g/mol. The van der Waals surface area contributed by atoms with E-state index in [1.165, 1.54) is 17.9 Å². The Labute approximate surface area is 191 Å². The minimum atomic E-state index is -2.91. The topological polar surface area (TPSA) is 156 Å². The Bertz CT molecular complexity index is 1360. The van der Waals surface area contributed by atoms with Crippen molar-refractivity contribution < 1.29 is 18.3 Å². The summed E-state index contributed by atoms with van der Waals surface area (Å²) in [6.07, 6.45) is -1.60. The first-order chi connectivity index (χ1) is 16.5. The Morgan fingerprint density at radius 2 is 1.79 bits per heavy atom. The highest BCUT2D eigenvalue weighted by atomic mass is 19.3. The van der Waals surface area contributed by atoms with E-state index in [4.69, 9.17) is 20.9 Å². The molecule has 0 aliphatic carbocycles. The largest absolute Gasteiger partial charge is 0.494 e. The monoisotopic (exact) mass is 470 g/mol. The number of benzene rings is 1. The van der Waals surface area contributed by atoms with Crippen LogP contribution in [0.1, 0.15) is 12.2 Å². The van der Waals surface area contributed by atoms with Crippen LogP contribution in [0.25, 0.3) is 28.5 Å². The molecule has 3 aromatic heterocycles. The van der Waals surface area contributed by atoms with Crippen LogP contribution in [0.3, 0.4) is 0 Å². The summed E-state index contributed by atoms with van der Waals surface area (Å²) in [5.41, 5.74) is 12.4. The molecule has 1 aliphatic rings.